The van der Waals surface area contributed by atoms with E-state index in [-0.39, 0.29) is 24.8 Å². The van der Waals surface area contributed by atoms with Crippen molar-refractivity contribution in [1.82, 2.24) is 16.0 Å². The second-order valence-corrected chi connectivity index (χ2v) is 7.57. The normalized spacial score (nSPS) is 13.8. The van der Waals surface area contributed by atoms with Crippen LogP contribution in [0.2, 0.25) is 0 Å². The number of nitrogens with two attached hydrogens (primary N) is 1. The van der Waals surface area contributed by atoms with Crippen molar-refractivity contribution in [3.8, 4) is 0 Å². The molecular formula is C18H28N4O4S2. The predicted molar refractivity (Wildman–Crippen MR) is 115 cm³/mol. The van der Waals surface area contributed by atoms with Crippen LogP contribution < -0.4 is 21.7 Å². The molecule has 0 fully saturated rings. The van der Waals surface area contributed by atoms with Crippen molar-refractivity contribution in [3.63, 3.8) is 0 Å². The van der Waals surface area contributed by atoms with Gasteiger partial charge in [-0.1, -0.05) is 30.3 Å². The van der Waals surface area contributed by atoms with Gasteiger partial charge in [-0.15, -0.1) is 0 Å². The van der Waals surface area contributed by atoms with Gasteiger partial charge in [-0.2, -0.15) is 24.4 Å². The first-order valence-electron chi connectivity index (χ1n) is 8.84. The Morgan fingerprint density at radius 1 is 1.18 bits per heavy atom. The highest BCUT2D eigenvalue weighted by molar-refractivity contribution is 7.98. The smallest absolute Gasteiger partial charge is 0.326 e. The molecule has 0 aliphatic rings. The molecule has 0 unspecified atom stereocenters. The first-order valence-corrected chi connectivity index (χ1v) is 10.9. The lowest BCUT2D eigenvalue weighted by atomic mass is 10.1. The van der Waals surface area contributed by atoms with Gasteiger partial charge in [0.15, 0.2) is 0 Å². The van der Waals surface area contributed by atoms with Crippen molar-refractivity contribution < 1.29 is 19.5 Å². The molecule has 0 heterocycles. The predicted octanol–water partition coefficient (Wildman–Crippen LogP) is 0.477. The number of benzene rings is 1. The van der Waals surface area contributed by atoms with E-state index in [9.17, 15) is 14.4 Å². The number of aliphatic carboxylic acids is 1. The molecule has 0 saturated carbocycles. The number of urea groups is 1. The number of amides is 3. The number of hydrogen-bond acceptors (Lipinski definition) is 6. The Bertz CT molecular complexity index is 633. The van der Waals surface area contributed by atoms with Gasteiger partial charge in [0, 0.05) is 18.3 Å². The van der Waals surface area contributed by atoms with Gasteiger partial charge in [0.25, 0.3) is 0 Å². The number of carbonyl (C=O) groups excluding carboxylic acids is 2. The van der Waals surface area contributed by atoms with Crippen molar-refractivity contribution in [2.24, 2.45) is 5.73 Å². The number of carboxylic acid groups (broad SMARTS) is 1. The van der Waals surface area contributed by atoms with Crippen LogP contribution >= 0.6 is 24.4 Å². The highest BCUT2D eigenvalue weighted by atomic mass is 32.2. The minimum absolute atomic E-state index is 0.0652. The van der Waals surface area contributed by atoms with Crippen LogP contribution in [0.1, 0.15) is 12.0 Å². The molecule has 0 saturated heterocycles. The van der Waals surface area contributed by atoms with E-state index in [1.165, 1.54) is 11.8 Å². The van der Waals surface area contributed by atoms with Crippen LogP contribution in [-0.4, -0.2) is 65.4 Å². The van der Waals surface area contributed by atoms with Crippen molar-refractivity contribution in [3.05, 3.63) is 35.9 Å². The molecule has 0 aromatic heterocycles. The highest BCUT2D eigenvalue weighted by Gasteiger charge is 2.23. The van der Waals surface area contributed by atoms with Gasteiger partial charge in [0.1, 0.15) is 12.1 Å². The van der Waals surface area contributed by atoms with Gasteiger partial charge >= 0.3 is 12.0 Å². The minimum atomic E-state index is -1.12. The lowest BCUT2D eigenvalue weighted by molar-refractivity contribution is -0.139. The van der Waals surface area contributed by atoms with Crippen molar-refractivity contribution in [1.29, 1.82) is 0 Å². The van der Waals surface area contributed by atoms with Gasteiger partial charge in [0.05, 0.1) is 0 Å². The largest absolute Gasteiger partial charge is 0.480 e. The molecular weight excluding hydrogens is 400 g/mol. The van der Waals surface area contributed by atoms with E-state index in [1.807, 2.05) is 36.6 Å². The molecule has 3 atom stereocenters. The molecule has 1 aromatic carbocycles. The SMILES string of the molecule is CSCC[C@H](NC(=O)N[C@@H](CS)C(=O)NC[C@H](N)Cc1ccccc1)C(=O)O. The Morgan fingerprint density at radius 3 is 2.39 bits per heavy atom. The Morgan fingerprint density at radius 2 is 1.82 bits per heavy atom. The fourth-order valence-corrected chi connectivity index (χ4v) is 3.12. The number of carbonyl (C=O) groups is 3. The van der Waals surface area contributed by atoms with Crippen LogP contribution in [0, 0.1) is 0 Å². The van der Waals surface area contributed by atoms with Crippen molar-refractivity contribution in [2.45, 2.75) is 31.0 Å². The summed E-state index contributed by atoms with van der Waals surface area (Å²) < 4.78 is 0. The summed E-state index contributed by atoms with van der Waals surface area (Å²) in [7, 11) is 0. The average molecular weight is 429 g/mol. The third-order valence-corrected chi connectivity index (χ3v) is 4.91. The fourth-order valence-electron chi connectivity index (χ4n) is 2.39. The number of nitrogens with one attached hydrogen (secondary N) is 3. The summed E-state index contributed by atoms with van der Waals surface area (Å²) in [6, 6.07) is 6.76. The Hall–Kier alpha value is -1.91. The summed E-state index contributed by atoms with van der Waals surface area (Å²) >= 11 is 5.57. The van der Waals surface area contributed by atoms with Crippen LogP contribution in [0.4, 0.5) is 4.79 Å². The number of thioether (sulfide) groups is 1. The number of hydrogen-bond donors (Lipinski definition) is 6. The van der Waals surface area contributed by atoms with E-state index in [1.54, 1.807) is 0 Å². The maximum atomic E-state index is 12.3. The molecule has 0 aliphatic heterocycles. The maximum absolute atomic E-state index is 12.3. The molecule has 0 aliphatic carbocycles. The number of rotatable bonds is 12. The van der Waals surface area contributed by atoms with Crippen LogP contribution in [0.25, 0.3) is 0 Å². The lowest BCUT2D eigenvalue weighted by Crippen LogP contribution is -2.55. The molecule has 3 amide bonds. The summed E-state index contributed by atoms with van der Waals surface area (Å²) in [6.07, 6.45) is 2.75. The molecule has 156 valence electrons. The molecule has 0 bridgehead atoms. The first kappa shape index (κ1) is 24.1. The Kier molecular flexibility index (Phi) is 11.5. The van der Waals surface area contributed by atoms with E-state index in [0.29, 0.717) is 12.2 Å². The molecule has 0 radical (unpaired) electrons. The third kappa shape index (κ3) is 9.34. The fraction of sp³-hybridized carbons (Fsp3) is 0.500. The summed E-state index contributed by atoms with van der Waals surface area (Å²) in [5, 5.41) is 16.7. The molecule has 1 aromatic rings. The molecule has 6 N–H and O–H groups in total. The van der Waals surface area contributed by atoms with E-state index >= 15 is 0 Å². The van der Waals surface area contributed by atoms with Crippen LogP contribution in [-0.2, 0) is 16.0 Å². The molecule has 1 rings (SSSR count). The molecule has 8 nitrogen and oxygen atoms in total. The third-order valence-electron chi connectivity index (χ3n) is 3.90. The highest BCUT2D eigenvalue weighted by Crippen LogP contribution is 2.02. The van der Waals surface area contributed by atoms with Crippen LogP contribution in [0.5, 0.6) is 0 Å². The van der Waals surface area contributed by atoms with E-state index in [4.69, 9.17) is 10.8 Å². The van der Waals surface area contributed by atoms with Crippen LogP contribution in [0.3, 0.4) is 0 Å². The lowest BCUT2D eigenvalue weighted by Gasteiger charge is -2.20. The summed E-state index contributed by atoms with van der Waals surface area (Å²) in [6.45, 7) is 0.243. The average Bonchev–Trinajstić information content (AvgIpc) is 2.68. The summed E-state index contributed by atoms with van der Waals surface area (Å²) in [5.74, 6) is -0.893. The van der Waals surface area contributed by atoms with E-state index in [2.05, 4.69) is 28.6 Å². The minimum Gasteiger partial charge on any atom is -0.480 e. The zero-order valence-electron chi connectivity index (χ0n) is 15.8. The second-order valence-electron chi connectivity index (χ2n) is 6.22. The maximum Gasteiger partial charge on any atom is 0.326 e. The van der Waals surface area contributed by atoms with Crippen molar-refractivity contribution in [2.75, 3.05) is 24.3 Å². The number of carboxylic acids is 1. The second kappa shape index (κ2) is 13.3. The Balaban J connectivity index is 2.46. The monoisotopic (exact) mass is 428 g/mol. The van der Waals surface area contributed by atoms with E-state index in [0.717, 1.165) is 5.56 Å². The zero-order chi connectivity index (χ0) is 20.9. The Labute approximate surface area is 174 Å². The summed E-state index contributed by atoms with van der Waals surface area (Å²) in [5.41, 5.74) is 7.11. The van der Waals surface area contributed by atoms with Gasteiger partial charge in [-0.05, 0) is 30.4 Å². The van der Waals surface area contributed by atoms with Crippen LogP contribution in [0.15, 0.2) is 30.3 Å². The quantitative estimate of drug-likeness (QED) is 0.268. The van der Waals surface area contributed by atoms with Gasteiger partial charge in [0.2, 0.25) is 5.91 Å². The van der Waals surface area contributed by atoms with E-state index < -0.39 is 30.0 Å². The topological polar surface area (TPSA) is 134 Å². The first-order chi connectivity index (χ1) is 13.4. The van der Waals surface area contributed by atoms with Crippen molar-refractivity contribution >= 4 is 42.3 Å². The molecule has 28 heavy (non-hydrogen) atoms. The molecule has 10 heteroatoms. The molecule has 0 spiro atoms. The summed E-state index contributed by atoms with van der Waals surface area (Å²) in [4.78, 5) is 35.5. The van der Waals surface area contributed by atoms with Gasteiger partial charge in [-0.3, -0.25) is 4.79 Å². The number of thiol groups is 1. The van der Waals surface area contributed by atoms with Gasteiger partial charge in [-0.25, -0.2) is 9.59 Å². The standard InChI is InChI=1S/C18H28N4O4S2/c1-28-8-7-14(17(24)25)21-18(26)22-15(11-27)16(23)20-10-13(19)9-12-5-3-2-4-6-12/h2-6,13-15,27H,7-11,19H2,1H3,(H,20,23)(H,24,25)(H2,21,22,26)/t13-,14+,15+/m1/s1. The zero-order valence-corrected chi connectivity index (χ0v) is 17.5. The van der Waals surface area contributed by atoms with Gasteiger partial charge < -0.3 is 26.8 Å².